The van der Waals surface area contributed by atoms with Gasteiger partial charge in [0.15, 0.2) is 29.1 Å². The van der Waals surface area contributed by atoms with Gasteiger partial charge in [-0.1, -0.05) is 92.7 Å². The Hall–Kier alpha value is -5.35. The van der Waals surface area contributed by atoms with Gasteiger partial charge in [0.1, 0.15) is 6.04 Å². The molecule has 0 spiro atoms. The Labute approximate surface area is 274 Å². The molecule has 0 aromatic heterocycles. The highest BCUT2D eigenvalue weighted by atomic mass is 16.6. The van der Waals surface area contributed by atoms with E-state index in [-0.39, 0.29) is 36.9 Å². The summed E-state index contributed by atoms with van der Waals surface area (Å²) >= 11 is 0. The first-order valence-corrected chi connectivity index (χ1v) is 15.3. The molecule has 4 aromatic rings. The number of methoxy groups -OCH3 is 2. The van der Waals surface area contributed by atoms with E-state index in [1.165, 1.54) is 25.2 Å². The minimum absolute atomic E-state index is 0.0253. The molecule has 47 heavy (non-hydrogen) atoms. The standard InChI is InChI=1S/C37H40N2O8/c1-25(2)23-39(24-30(40)36(42)47-34-17-11-9-15-32(34)45-4)37(43)38-29(35(41)46-33-16-10-8-14-31(33)44-3)22-26-18-20-28(21-19-26)27-12-6-5-7-13-27/h5-21,25,29-30,40H,22-24H2,1-4H3,(H,38,43)/t29-,30-/m0/s1. The van der Waals surface area contributed by atoms with Crippen LogP contribution in [0.15, 0.2) is 103 Å². The second-order valence-corrected chi connectivity index (χ2v) is 11.2. The van der Waals surface area contributed by atoms with Gasteiger partial charge >= 0.3 is 18.0 Å². The predicted octanol–water partition coefficient (Wildman–Crippen LogP) is 5.52. The summed E-state index contributed by atoms with van der Waals surface area (Å²) in [7, 11) is 2.90. The highest BCUT2D eigenvalue weighted by Gasteiger charge is 2.30. The quantitative estimate of drug-likeness (QED) is 0.136. The number of aliphatic hydroxyl groups is 1. The second-order valence-electron chi connectivity index (χ2n) is 11.2. The Balaban J connectivity index is 1.53. The fourth-order valence-corrected chi connectivity index (χ4v) is 4.86. The molecular formula is C37H40N2O8. The van der Waals surface area contributed by atoms with E-state index in [0.717, 1.165) is 16.7 Å². The molecule has 0 aliphatic carbocycles. The third-order valence-corrected chi connectivity index (χ3v) is 7.18. The number of urea groups is 1. The molecule has 10 nitrogen and oxygen atoms in total. The van der Waals surface area contributed by atoms with Gasteiger partial charge in [0.25, 0.3) is 0 Å². The summed E-state index contributed by atoms with van der Waals surface area (Å²) in [6, 6.07) is 29.0. The summed E-state index contributed by atoms with van der Waals surface area (Å²) in [5.74, 6) is -0.683. The second kappa shape index (κ2) is 16.8. The third-order valence-electron chi connectivity index (χ3n) is 7.18. The van der Waals surface area contributed by atoms with Crippen LogP contribution in [0.5, 0.6) is 23.0 Å². The number of amides is 2. The lowest BCUT2D eigenvalue weighted by molar-refractivity contribution is -0.144. The van der Waals surface area contributed by atoms with E-state index in [0.29, 0.717) is 11.5 Å². The molecule has 0 aliphatic rings. The Bertz CT molecular complexity index is 1630. The lowest BCUT2D eigenvalue weighted by atomic mass is 10.0. The van der Waals surface area contributed by atoms with Crippen molar-refractivity contribution < 1.29 is 38.4 Å². The molecule has 0 fully saturated rings. The monoisotopic (exact) mass is 640 g/mol. The summed E-state index contributed by atoms with van der Waals surface area (Å²) in [4.78, 5) is 41.4. The maximum atomic E-state index is 13.7. The fourth-order valence-electron chi connectivity index (χ4n) is 4.86. The van der Waals surface area contributed by atoms with Crippen LogP contribution in [0, 0.1) is 5.92 Å². The summed E-state index contributed by atoms with van der Waals surface area (Å²) in [6.45, 7) is 3.59. The molecule has 2 amide bonds. The van der Waals surface area contributed by atoms with Crippen LogP contribution in [0.4, 0.5) is 4.79 Å². The highest BCUT2D eigenvalue weighted by molar-refractivity contribution is 5.86. The number of carbonyl (C=O) groups is 3. The zero-order chi connectivity index (χ0) is 33.8. The average molecular weight is 641 g/mol. The van der Waals surface area contributed by atoms with Crippen molar-refractivity contribution in [3.05, 3.63) is 109 Å². The molecule has 4 rings (SSSR count). The van der Waals surface area contributed by atoms with E-state index < -0.39 is 30.1 Å². The number of ether oxygens (including phenoxy) is 4. The molecule has 10 heteroatoms. The summed E-state index contributed by atoms with van der Waals surface area (Å²) < 4.78 is 21.6. The van der Waals surface area contributed by atoms with Crippen molar-refractivity contribution in [3.63, 3.8) is 0 Å². The SMILES string of the molecule is COc1ccccc1OC(=O)[C@H](Cc1ccc(-c2ccccc2)cc1)NC(=O)N(CC(C)C)C[C@H](O)C(=O)Oc1ccccc1OC. The maximum absolute atomic E-state index is 13.7. The predicted molar refractivity (Wildman–Crippen MR) is 178 cm³/mol. The van der Waals surface area contributed by atoms with Crippen LogP contribution in [0.2, 0.25) is 0 Å². The number of rotatable bonds is 14. The van der Waals surface area contributed by atoms with Crippen molar-refractivity contribution in [1.82, 2.24) is 10.2 Å². The van der Waals surface area contributed by atoms with Gasteiger partial charge in [0, 0.05) is 13.0 Å². The number of esters is 2. The third kappa shape index (κ3) is 9.82. The van der Waals surface area contributed by atoms with E-state index in [1.807, 2.05) is 68.4 Å². The van der Waals surface area contributed by atoms with Crippen molar-refractivity contribution in [1.29, 1.82) is 0 Å². The summed E-state index contributed by atoms with van der Waals surface area (Å²) in [5.41, 5.74) is 2.83. The van der Waals surface area contributed by atoms with Gasteiger partial charge in [-0.3, -0.25) is 0 Å². The first-order chi connectivity index (χ1) is 22.7. The molecule has 246 valence electrons. The van der Waals surface area contributed by atoms with Crippen molar-refractivity contribution in [3.8, 4) is 34.1 Å². The molecule has 0 unspecified atom stereocenters. The maximum Gasteiger partial charge on any atom is 0.342 e. The van der Waals surface area contributed by atoms with Crippen LogP contribution >= 0.6 is 0 Å². The summed E-state index contributed by atoms with van der Waals surface area (Å²) in [6.07, 6.45) is -1.56. The van der Waals surface area contributed by atoms with E-state index in [4.69, 9.17) is 18.9 Å². The smallest absolute Gasteiger partial charge is 0.342 e. The van der Waals surface area contributed by atoms with Crippen LogP contribution < -0.4 is 24.3 Å². The van der Waals surface area contributed by atoms with Gasteiger partial charge in [-0.2, -0.15) is 0 Å². The minimum Gasteiger partial charge on any atom is -0.493 e. The van der Waals surface area contributed by atoms with Crippen molar-refractivity contribution in [2.45, 2.75) is 32.4 Å². The Morgan fingerprint density at radius 3 is 1.68 bits per heavy atom. The number of nitrogens with zero attached hydrogens (tertiary/aromatic N) is 1. The first kappa shape index (κ1) is 34.5. The zero-order valence-corrected chi connectivity index (χ0v) is 26.9. The minimum atomic E-state index is -1.67. The van der Waals surface area contributed by atoms with E-state index in [1.54, 1.807) is 42.5 Å². The number of para-hydroxylation sites is 4. The van der Waals surface area contributed by atoms with Crippen LogP contribution in [0.3, 0.4) is 0 Å². The lowest BCUT2D eigenvalue weighted by Crippen LogP contribution is -2.53. The topological polar surface area (TPSA) is 124 Å². The fraction of sp³-hybridized carbons (Fsp3) is 0.270. The largest absolute Gasteiger partial charge is 0.493 e. The zero-order valence-electron chi connectivity index (χ0n) is 26.9. The molecule has 0 saturated heterocycles. The van der Waals surface area contributed by atoms with Crippen LogP contribution in [0.25, 0.3) is 11.1 Å². The molecule has 0 saturated carbocycles. The number of benzene rings is 4. The van der Waals surface area contributed by atoms with Gasteiger partial charge in [0.2, 0.25) is 0 Å². The Morgan fingerprint density at radius 1 is 0.660 bits per heavy atom. The number of hydrogen-bond acceptors (Lipinski definition) is 8. The van der Waals surface area contributed by atoms with E-state index in [2.05, 4.69) is 5.32 Å². The normalized spacial score (nSPS) is 12.0. The number of hydrogen-bond donors (Lipinski definition) is 2. The molecular weight excluding hydrogens is 600 g/mol. The number of carbonyl (C=O) groups excluding carboxylic acids is 3. The van der Waals surface area contributed by atoms with Gasteiger partial charge in [-0.05, 0) is 46.9 Å². The van der Waals surface area contributed by atoms with Gasteiger partial charge in [-0.15, -0.1) is 0 Å². The Kier molecular flexibility index (Phi) is 12.4. The molecule has 0 heterocycles. The number of aliphatic hydroxyl groups excluding tert-OH is 1. The van der Waals surface area contributed by atoms with Gasteiger partial charge in [0.05, 0.1) is 20.8 Å². The molecule has 4 aromatic carbocycles. The lowest BCUT2D eigenvalue weighted by Gasteiger charge is -2.28. The van der Waals surface area contributed by atoms with Crippen molar-refractivity contribution in [2.24, 2.45) is 5.92 Å². The highest BCUT2D eigenvalue weighted by Crippen LogP contribution is 2.28. The van der Waals surface area contributed by atoms with Crippen LogP contribution in [-0.2, 0) is 16.0 Å². The molecule has 0 aliphatic heterocycles. The molecule has 2 N–H and O–H groups in total. The van der Waals surface area contributed by atoms with E-state index >= 15 is 0 Å². The van der Waals surface area contributed by atoms with Crippen LogP contribution in [-0.4, -0.2) is 67.4 Å². The van der Waals surface area contributed by atoms with Gasteiger partial charge in [-0.25, -0.2) is 14.4 Å². The summed E-state index contributed by atoms with van der Waals surface area (Å²) in [5, 5.41) is 13.6. The first-order valence-electron chi connectivity index (χ1n) is 15.3. The molecule has 2 atom stereocenters. The van der Waals surface area contributed by atoms with Crippen molar-refractivity contribution >= 4 is 18.0 Å². The van der Waals surface area contributed by atoms with Gasteiger partial charge < -0.3 is 34.3 Å². The molecule has 0 radical (unpaired) electrons. The van der Waals surface area contributed by atoms with E-state index in [9.17, 15) is 19.5 Å². The van der Waals surface area contributed by atoms with Crippen molar-refractivity contribution in [2.75, 3.05) is 27.3 Å². The van der Waals surface area contributed by atoms with Crippen LogP contribution in [0.1, 0.15) is 19.4 Å². The number of nitrogens with one attached hydrogen (secondary N) is 1. The average Bonchev–Trinajstić information content (AvgIpc) is 3.08. The molecule has 0 bridgehead atoms. The Morgan fingerprint density at radius 2 is 1.15 bits per heavy atom.